The van der Waals surface area contributed by atoms with E-state index >= 15 is 0 Å². The van der Waals surface area contributed by atoms with Crippen LogP contribution in [0.3, 0.4) is 0 Å². The first-order valence-electron chi connectivity index (χ1n) is 4.07. The van der Waals surface area contributed by atoms with Crippen molar-refractivity contribution in [1.29, 1.82) is 0 Å². The van der Waals surface area contributed by atoms with Crippen LogP contribution in [0.2, 0.25) is 5.15 Å². The second-order valence-corrected chi connectivity index (χ2v) is 3.87. The van der Waals surface area contributed by atoms with Gasteiger partial charge in [-0.25, -0.2) is 15.0 Å². The van der Waals surface area contributed by atoms with Crippen molar-refractivity contribution in [3.63, 3.8) is 0 Å². The van der Waals surface area contributed by atoms with Crippen LogP contribution in [0.15, 0.2) is 6.33 Å². The maximum atomic E-state index is 9.70. The highest BCUT2D eigenvalue weighted by atomic mass is 35.5. The first-order valence-corrected chi connectivity index (χ1v) is 4.45. The number of rotatable bonds is 1. The van der Waals surface area contributed by atoms with E-state index in [9.17, 15) is 5.11 Å². The van der Waals surface area contributed by atoms with Crippen LogP contribution in [-0.4, -0.2) is 25.0 Å². The van der Waals surface area contributed by atoms with Crippen molar-refractivity contribution >= 4 is 22.8 Å². The van der Waals surface area contributed by atoms with E-state index in [1.807, 2.05) is 0 Å². The molecule has 0 aromatic carbocycles. The minimum Gasteiger partial charge on any atom is -0.383 e. The highest BCUT2D eigenvalue weighted by Crippen LogP contribution is 2.22. The van der Waals surface area contributed by atoms with Crippen molar-refractivity contribution in [2.45, 2.75) is 19.4 Å². The van der Waals surface area contributed by atoms with Gasteiger partial charge >= 0.3 is 0 Å². The van der Waals surface area contributed by atoms with Crippen molar-refractivity contribution in [2.75, 3.05) is 0 Å². The van der Waals surface area contributed by atoms with E-state index in [0.717, 1.165) is 0 Å². The summed E-state index contributed by atoms with van der Waals surface area (Å²) in [4.78, 5) is 14.7. The average Bonchev–Trinajstić information content (AvgIpc) is 2.48. The molecule has 74 valence electrons. The Hall–Kier alpha value is -1.20. The fourth-order valence-corrected chi connectivity index (χ4v) is 1.27. The molecule has 6 heteroatoms. The first-order chi connectivity index (χ1) is 6.48. The molecule has 0 aliphatic carbocycles. The zero-order chi connectivity index (χ0) is 10.3. The zero-order valence-corrected chi connectivity index (χ0v) is 8.50. The van der Waals surface area contributed by atoms with Crippen LogP contribution in [-0.2, 0) is 5.60 Å². The largest absolute Gasteiger partial charge is 0.383 e. The second-order valence-electron chi connectivity index (χ2n) is 3.51. The van der Waals surface area contributed by atoms with Gasteiger partial charge in [0.15, 0.2) is 10.8 Å². The van der Waals surface area contributed by atoms with Gasteiger partial charge in [-0.05, 0) is 13.8 Å². The summed E-state index contributed by atoms with van der Waals surface area (Å²) in [7, 11) is 0. The van der Waals surface area contributed by atoms with Crippen LogP contribution in [0.25, 0.3) is 11.2 Å². The molecular formula is C8H9ClN4O. The molecule has 0 spiro atoms. The summed E-state index contributed by atoms with van der Waals surface area (Å²) in [6.07, 6.45) is 1.33. The van der Waals surface area contributed by atoms with Crippen molar-refractivity contribution in [3.05, 3.63) is 17.3 Å². The molecule has 0 saturated heterocycles. The van der Waals surface area contributed by atoms with E-state index in [-0.39, 0.29) is 0 Å². The smallest absolute Gasteiger partial charge is 0.182 e. The lowest BCUT2D eigenvalue weighted by Crippen LogP contribution is -2.17. The monoisotopic (exact) mass is 212 g/mol. The summed E-state index contributed by atoms with van der Waals surface area (Å²) >= 11 is 5.82. The topological polar surface area (TPSA) is 74.7 Å². The summed E-state index contributed by atoms with van der Waals surface area (Å²) in [6.45, 7) is 3.26. The van der Waals surface area contributed by atoms with Gasteiger partial charge in [0.1, 0.15) is 23.3 Å². The molecule has 0 amide bonds. The predicted molar refractivity (Wildman–Crippen MR) is 51.9 cm³/mol. The van der Waals surface area contributed by atoms with E-state index < -0.39 is 5.60 Å². The molecule has 5 nitrogen and oxygen atoms in total. The molecule has 0 unspecified atom stereocenters. The number of hydrogen-bond donors (Lipinski definition) is 2. The molecule has 2 rings (SSSR count). The Morgan fingerprint density at radius 2 is 2.14 bits per heavy atom. The average molecular weight is 213 g/mol. The number of aromatic amines is 1. The van der Waals surface area contributed by atoms with Crippen molar-refractivity contribution in [2.24, 2.45) is 0 Å². The molecule has 0 saturated carbocycles. The molecule has 2 N–H and O–H groups in total. The van der Waals surface area contributed by atoms with Crippen LogP contribution >= 0.6 is 11.6 Å². The number of nitrogens with zero attached hydrogens (tertiary/aromatic N) is 3. The molecule has 0 aliphatic heterocycles. The standard InChI is InChI=1S/C8H9ClN4O/c1-8(2,14)7-12-4-5(9)10-3-11-6(4)13-7/h3,14H,1-2H3,(H,10,11,12,13). The fourth-order valence-electron chi connectivity index (χ4n) is 1.09. The number of imidazole rings is 1. The van der Waals surface area contributed by atoms with E-state index in [2.05, 4.69) is 19.9 Å². The van der Waals surface area contributed by atoms with Crippen LogP contribution in [0.1, 0.15) is 19.7 Å². The second kappa shape index (κ2) is 2.90. The highest BCUT2D eigenvalue weighted by molar-refractivity contribution is 6.33. The van der Waals surface area contributed by atoms with Gasteiger partial charge < -0.3 is 10.1 Å². The molecule has 0 radical (unpaired) electrons. The first kappa shape index (κ1) is 9.36. The molecule has 2 aromatic rings. The summed E-state index contributed by atoms with van der Waals surface area (Å²) < 4.78 is 0. The molecule has 2 aromatic heterocycles. The maximum absolute atomic E-state index is 9.70. The van der Waals surface area contributed by atoms with Gasteiger partial charge in [0, 0.05) is 0 Å². The molecule has 0 bridgehead atoms. The van der Waals surface area contributed by atoms with Crippen molar-refractivity contribution in [1.82, 2.24) is 19.9 Å². The minimum absolute atomic E-state index is 0.304. The summed E-state index contributed by atoms with van der Waals surface area (Å²) in [5, 5.41) is 10.00. The maximum Gasteiger partial charge on any atom is 0.182 e. The van der Waals surface area contributed by atoms with Gasteiger partial charge in [0.25, 0.3) is 0 Å². The van der Waals surface area contributed by atoms with Gasteiger partial charge in [-0.2, -0.15) is 0 Å². The summed E-state index contributed by atoms with van der Waals surface area (Å²) in [6, 6.07) is 0. The van der Waals surface area contributed by atoms with Crippen LogP contribution in [0.4, 0.5) is 0 Å². The van der Waals surface area contributed by atoms with Gasteiger partial charge in [-0.15, -0.1) is 0 Å². The number of hydrogen-bond acceptors (Lipinski definition) is 4. The molecule has 0 fully saturated rings. The van der Waals surface area contributed by atoms with E-state index in [0.29, 0.717) is 22.1 Å². The lowest BCUT2D eigenvalue weighted by atomic mass is 10.1. The lowest BCUT2D eigenvalue weighted by Gasteiger charge is -2.12. The predicted octanol–water partition coefficient (Wildman–Crippen LogP) is 1.23. The molecular weight excluding hydrogens is 204 g/mol. The summed E-state index contributed by atoms with van der Waals surface area (Å²) in [5.74, 6) is 0.426. The SMILES string of the molecule is CC(C)(O)c1nc2ncnc(Cl)c2[nH]1. The Morgan fingerprint density at radius 1 is 1.43 bits per heavy atom. The number of aliphatic hydroxyl groups is 1. The van der Waals surface area contributed by atoms with Crippen LogP contribution in [0, 0.1) is 0 Å². The van der Waals surface area contributed by atoms with Crippen molar-refractivity contribution < 1.29 is 5.11 Å². The van der Waals surface area contributed by atoms with Crippen LogP contribution in [0.5, 0.6) is 0 Å². The highest BCUT2D eigenvalue weighted by Gasteiger charge is 2.21. The molecule has 0 aliphatic rings. The lowest BCUT2D eigenvalue weighted by molar-refractivity contribution is 0.0700. The minimum atomic E-state index is -1.04. The third-order valence-corrected chi connectivity index (χ3v) is 2.11. The third kappa shape index (κ3) is 1.44. The van der Waals surface area contributed by atoms with Gasteiger partial charge in [0.05, 0.1) is 0 Å². The van der Waals surface area contributed by atoms with Gasteiger partial charge in [-0.3, -0.25) is 0 Å². The number of halogens is 1. The third-order valence-electron chi connectivity index (χ3n) is 1.82. The van der Waals surface area contributed by atoms with E-state index in [1.165, 1.54) is 6.33 Å². The van der Waals surface area contributed by atoms with Crippen LogP contribution < -0.4 is 0 Å². The molecule has 14 heavy (non-hydrogen) atoms. The number of aromatic nitrogens is 4. The van der Waals surface area contributed by atoms with Gasteiger partial charge in [0.2, 0.25) is 0 Å². The molecule has 0 atom stereocenters. The number of fused-ring (bicyclic) bond motifs is 1. The Kier molecular flexibility index (Phi) is 1.94. The Labute approximate surface area is 85.2 Å². The number of nitrogens with one attached hydrogen (secondary N) is 1. The van der Waals surface area contributed by atoms with Crippen molar-refractivity contribution in [3.8, 4) is 0 Å². The summed E-state index contributed by atoms with van der Waals surface area (Å²) in [5.41, 5.74) is -0.0299. The number of H-pyrrole nitrogens is 1. The Bertz CT molecular complexity index is 474. The zero-order valence-electron chi connectivity index (χ0n) is 7.74. The van der Waals surface area contributed by atoms with E-state index in [1.54, 1.807) is 13.8 Å². The molecule has 2 heterocycles. The Morgan fingerprint density at radius 3 is 2.71 bits per heavy atom. The fraction of sp³-hybridized carbons (Fsp3) is 0.375. The van der Waals surface area contributed by atoms with Gasteiger partial charge in [-0.1, -0.05) is 11.6 Å². The van der Waals surface area contributed by atoms with E-state index in [4.69, 9.17) is 11.6 Å². The normalized spacial score (nSPS) is 12.3. The Balaban J connectivity index is 2.69. The quantitative estimate of drug-likeness (QED) is 0.698.